The molecule has 0 saturated heterocycles. The third kappa shape index (κ3) is 3.91. The van der Waals surface area contributed by atoms with Crippen LogP contribution in [0.1, 0.15) is 19.8 Å². The van der Waals surface area contributed by atoms with Gasteiger partial charge in [0.25, 0.3) is 0 Å². The van der Waals surface area contributed by atoms with Gasteiger partial charge in [-0.3, -0.25) is 4.79 Å². The summed E-state index contributed by atoms with van der Waals surface area (Å²) in [5, 5.41) is 3.25. The highest BCUT2D eigenvalue weighted by atomic mass is 35.5. The van der Waals surface area contributed by atoms with Gasteiger partial charge in [-0.05, 0) is 24.6 Å². The normalized spacial score (nSPS) is 12.0. The summed E-state index contributed by atoms with van der Waals surface area (Å²) in [6.07, 6.45) is 1.51. The number of hydrogen-bond acceptors (Lipinski definition) is 3. The van der Waals surface area contributed by atoms with Crippen LogP contribution < -0.4 is 15.8 Å². The van der Waals surface area contributed by atoms with Crippen LogP contribution in [0.3, 0.4) is 0 Å². The zero-order chi connectivity index (χ0) is 12.8. The third-order valence-electron chi connectivity index (χ3n) is 2.36. The molecule has 0 aliphatic heterocycles. The minimum Gasteiger partial charge on any atom is -0.495 e. The Morgan fingerprint density at radius 3 is 2.88 bits per heavy atom. The number of hydrogen-bond donors (Lipinski definition) is 2. The molecule has 3 N–H and O–H groups in total. The molecule has 1 rings (SSSR count). The number of methoxy groups -OCH3 is 1. The van der Waals surface area contributed by atoms with Gasteiger partial charge in [-0.15, -0.1) is 0 Å². The maximum Gasteiger partial charge on any atom is 0.241 e. The molecule has 0 saturated carbocycles. The second-order valence-corrected chi connectivity index (χ2v) is 4.17. The van der Waals surface area contributed by atoms with Crippen molar-refractivity contribution in [1.29, 1.82) is 0 Å². The molecule has 0 aromatic heterocycles. The first-order valence-electron chi connectivity index (χ1n) is 5.48. The van der Waals surface area contributed by atoms with Crippen molar-refractivity contribution in [2.24, 2.45) is 5.73 Å². The van der Waals surface area contributed by atoms with Crippen LogP contribution in [0.15, 0.2) is 18.2 Å². The molecule has 1 atom stereocenters. The Morgan fingerprint density at radius 2 is 2.29 bits per heavy atom. The number of halogens is 1. The third-order valence-corrected chi connectivity index (χ3v) is 2.59. The quantitative estimate of drug-likeness (QED) is 0.850. The highest BCUT2D eigenvalue weighted by molar-refractivity contribution is 6.31. The Kier molecular flexibility index (Phi) is 5.25. The molecule has 1 aromatic rings. The lowest BCUT2D eigenvalue weighted by Gasteiger charge is -2.14. The summed E-state index contributed by atoms with van der Waals surface area (Å²) in [6.45, 7) is 1.98. The van der Waals surface area contributed by atoms with Crippen molar-refractivity contribution in [2.75, 3.05) is 12.4 Å². The van der Waals surface area contributed by atoms with Gasteiger partial charge in [0, 0.05) is 5.02 Å². The Bertz CT molecular complexity index is 396. The predicted octanol–water partition coefficient (Wildman–Crippen LogP) is 2.41. The summed E-state index contributed by atoms with van der Waals surface area (Å²) in [5.41, 5.74) is 6.26. The maximum absolute atomic E-state index is 11.7. The minimum atomic E-state index is -0.510. The van der Waals surface area contributed by atoms with E-state index in [0.717, 1.165) is 6.42 Å². The van der Waals surface area contributed by atoms with Gasteiger partial charge in [-0.1, -0.05) is 24.9 Å². The van der Waals surface area contributed by atoms with Crippen molar-refractivity contribution in [3.8, 4) is 5.75 Å². The van der Waals surface area contributed by atoms with Crippen LogP contribution in [0.4, 0.5) is 5.69 Å². The standard InChI is InChI=1S/C12H17ClN2O2/c1-3-4-9(14)12(16)15-10-7-8(13)5-6-11(10)17-2/h5-7,9H,3-4,14H2,1-2H3,(H,15,16)/t9-/m0/s1. The van der Waals surface area contributed by atoms with E-state index in [2.05, 4.69) is 5.32 Å². The van der Waals surface area contributed by atoms with E-state index in [0.29, 0.717) is 22.9 Å². The van der Waals surface area contributed by atoms with Gasteiger partial charge in [0.15, 0.2) is 0 Å². The molecule has 0 aliphatic rings. The maximum atomic E-state index is 11.7. The summed E-state index contributed by atoms with van der Waals surface area (Å²) in [7, 11) is 1.53. The molecule has 0 fully saturated rings. The molecule has 17 heavy (non-hydrogen) atoms. The van der Waals surface area contributed by atoms with Gasteiger partial charge in [0.2, 0.25) is 5.91 Å². The molecule has 0 bridgehead atoms. The fourth-order valence-corrected chi connectivity index (χ4v) is 1.62. The molecule has 0 heterocycles. The summed E-state index contributed by atoms with van der Waals surface area (Å²) in [4.78, 5) is 11.7. The van der Waals surface area contributed by atoms with Crippen molar-refractivity contribution < 1.29 is 9.53 Å². The molecule has 1 aromatic carbocycles. The number of rotatable bonds is 5. The highest BCUT2D eigenvalue weighted by Gasteiger charge is 2.14. The SMILES string of the molecule is CCC[C@H](N)C(=O)Nc1cc(Cl)ccc1OC. The van der Waals surface area contributed by atoms with Crippen LogP contribution in [0.2, 0.25) is 5.02 Å². The highest BCUT2D eigenvalue weighted by Crippen LogP contribution is 2.27. The summed E-state index contributed by atoms with van der Waals surface area (Å²) >= 11 is 5.86. The molecule has 4 nitrogen and oxygen atoms in total. The fourth-order valence-electron chi connectivity index (χ4n) is 1.45. The number of anilines is 1. The Balaban J connectivity index is 2.79. The minimum absolute atomic E-state index is 0.229. The van der Waals surface area contributed by atoms with Gasteiger partial charge < -0.3 is 15.8 Å². The predicted molar refractivity (Wildman–Crippen MR) is 69.5 cm³/mol. The lowest BCUT2D eigenvalue weighted by Crippen LogP contribution is -2.35. The second-order valence-electron chi connectivity index (χ2n) is 3.73. The van der Waals surface area contributed by atoms with Gasteiger partial charge in [-0.25, -0.2) is 0 Å². The number of carbonyl (C=O) groups excluding carboxylic acids is 1. The van der Waals surface area contributed by atoms with E-state index in [9.17, 15) is 4.79 Å². The number of nitrogens with one attached hydrogen (secondary N) is 1. The zero-order valence-corrected chi connectivity index (χ0v) is 10.8. The van der Waals surface area contributed by atoms with Gasteiger partial charge in [0.05, 0.1) is 18.8 Å². The molecular weight excluding hydrogens is 240 g/mol. The van der Waals surface area contributed by atoms with Crippen molar-refractivity contribution in [3.05, 3.63) is 23.2 Å². The number of amides is 1. The first-order chi connectivity index (χ1) is 8.08. The molecule has 0 radical (unpaired) electrons. The van der Waals surface area contributed by atoms with Crippen molar-refractivity contribution in [1.82, 2.24) is 0 Å². The smallest absolute Gasteiger partial charge is 0.241 e. The molecule has 0 spiro atoms. The van der Waals surface area contributed by atoms with E-state index in [1.807, 2.05) is 6.92 Å². The Hall–Kier alpha value is -1.26. The summed E-state index contributed by atoms with van der Waals surface area (Å²) in [5.74, 6) is 0.332. The topological polar surface area (TPSA) is 64.4 Å². The van der Waals surface area contributed by atoms with Crippen LogP contribution >= 0.6 is 11.6 Å². The summed E-state index contributed by atoms with van der Waals surface area (Å²) < 4.78 is 5.13. The summed E-state index contributed by atoms with van der Waals surface area (Å²) in [6, 6.07) is 4.52. The largest absolute Gasteiger partial charge is 0.495 e. The van der Waals surface area contributed by atoms with Crippen LogP contribution in [0, 0.1) is 0 Å². The van der Waals surface area contributed by atoms with E-state index < -0.39 is 6.04 Å². The zero-order valence-electron chi connectivity index (χ0n) is 10.00. The van der Waals surface area contributed by atoms with E-state index in [-0.39, 0.29) is 5.91 Å². The van der Waals surface area contributed by atoms with Gasteiger partial charge in [0.1, 0.15) is 5.75 Å². The van der Waals surface area contributed by atoms with Crippen LogP contribution in [0.25, 0.3) is 0 Å². The van der Waals surface area contributed by atoms with Crippen molar-refractivity contribution in [3.63, 3.8) is 0 Å². The molecule has 0 unspecified atom stereocenters. The van der Waals surface area contributed by atoms with E-state index in [1.165, 1.54) is 7.11 Å². The Labute approximate surface area is 106 Å². The molecule has 1 amide bonds. The van der Waals surface area contributed by atoms with Crippen LogP contribution in [-0.4, -0.2) is 19.1 Å². The van der Waals surface area contributed by atoms with Crippen molar-refractivity contribution >= 4 is 23.2 Å². The molecule has 5 heteroatoms. The number of carbonyl (C=O) groups is 1. The molecular formula is C12H17ClN2O2. The lowest BCUT2D eigenvalue weighted by atomic mass is 10.1. The van der Waals surface area contributed by atoms with Crippen LogP contribution in [-0.2, 0) is 4.79 Å². The molecule has 0 aliphatic carbocycles. The fraction of sp³-hybridized carbons (Fsp3) is 0.417. The van der Waals surface area contributed by atoms with Gasteiger partial charge in [-0.2, -0.15) is 0 Å². The van der Waals surface area contributed by atoms with E-state index in [1.54, 1.807) is 18.2 Å². The monoisotopic (exact) mass is 256 g/mol. The van der Waals surface area contributed by atoms with Crippen molar-refractivity contribution in [2.45, 2.75) is 25.8 Å². The first kappa shape index (κ1) is 13.8. The lowest BCUT2D eigenvalue weighted by molar-refractivity contribution is -0.117. The number of ether oxygens (including phenoxy) is 1. The molecule has 94 valence electrons. The number of benzene rings is 1. The first-order valence-corrected chi connectivity index (χ1v) is 5.86. The average Bonchev–Trinajstić information content (AvgIpc) is 2.29. The second kappa shape index (κ2) is 6.47. The van der Waals surface area contributed by atoms with Gasteiger partial charge >= 0.3 is 0 Å². The Morgan fingerprint density at radius 1 is 1.59 bits per heavy atom. The van der Waals surface area contributed by atoms with E-state index in [4.69, 9.17) is 22.1 Å². The average molecular weight is 257 g/mol. The van der Waals surface area contributed by atoms with E-state index >= 15 is 0 Å². The number of nitrogens with two attached hydrogens (primary N) is 1. The van der Waals surface area contributed by atoms with Crippen LogP contribution in [0.5, 0.6) is 5.75 Å².